The van der Waals surface area contributed by atoms with Crippen molar-refractivity contribution in [2.45, 2.75) is 32.5 Å². The van der Waals surface area contributed by atoms with Gasteiger partial charge in [-0.25, -0.2) is 0 Å². The summed E-state index contributed by atoms with van der Waals surface area (Å²) in [6, 6.07) is 4.32. The van der Waals surface area contributed by atoms with Gasteiger partial charge in [-0.2, -0.15) is 0 Å². The van der Waals surface area contributed by atoms with Gasteiger partial charge in [0.1, 0.15) is 0 Å². The van der Waals surface area contributed by atoms with Gasteiger partial charge in [-0.1, -0.05) is 6.07 Å². The molecule has 2 heterocycles. The third-order valence-corrected chi connectivity index (χ3v) is 4.05. The van der Waals surface area contributed by atoms with Crippen molar-refractivity contribution in [1.82, 2.24) is 20.1 Å². The summed E-state index contributed by atoms with van der Waals surface area (Å²) in [5, 5.41) is 3.14. The highest BCUT2D eigenvalue weighted by Crippen LogP contribution is 2.20. The predicted molar refractivity (Wildman–Crippen MR) is 79.0 cm³/mol. The first kappa shape index (κ1) is 14.4. The molecule has 19 heavy (non-hydrogen) atoms. The van der Waals surface area contributed by atoms with Crippen LogP contribution in [0.2, 0.25) is 0 Å². The van der Waals surface area contributed by atoms with E-state index in [1.807, 2.05) is 13.2 Å². The molecule has 0 unspecified atom stereocenters. The fourth-order valence-corrected chi connectivity index (χ4v) is 2.56. The second kappa shape index (κ2) is 5.99. The van der Waals surface area contributed by atoms with Crippen molar-refractivity contribution in [3.63, 3.8) is 0 Å². The van der Waals surface area contributed by atoms with E-state index < -0.39 is 0 Å². The van der Waals surface area contributed by atoms with E-state index in [9.17, 15) is 0 Å². The summed E-state index contributed by atoms with van der Waals surface area (Å²) >= 11 is 0. The van der Waals surface area contributed by atoms with Gasteiger partial charge in [0.15, 0.2) is 0 Å². The summed E-state index contributed by atoms with van der Waals surface area (Å²) in [6.07, 6.45) is 1.98. The molecule has 1 aromatic rings. The summed E-state index contributed by atoms with van der Waals surface area (Å²) in [4.78, 5) is 9.50. The lowest BCUT2D eigenvalue weighted by molar-refractivity contribution is 0.0354. The summed E-state index contributed by atoms with van der Waals surface area (Å²) in [5.74, 6) is 0. The van der Waals surface area contributed by atoms with Gasteiger partial charge in [0.25, 0.3) is 0 Å². The Morgan fingerprint density at radius 3 is 2.68 bits per heavy atom. The summed E-state index contributed by atoms with van der Waals surface area (Å²) in [5.41, 5.74) is 2.66. The number of nitrogens with one attached hydrogen (secondary N) is 1. The van der Waals surface area contributed by atoms with Crippen LogP contribution >= 0.6 is 0 Å². The second-order valence-electron chi connectivity index (χ2n) is 6.13. The zero-order chi connectivity index (χ0) is 13.9. The Balaban J connectivity index is 1.94. The van der Waals surface area contributed by atoms with Crippen molar-refractivity contribution in [1.29, 1.82) is 0 Å². The van der Waals surface area contributed by atoms with Crippen LogP contribution in [0.1, 0.15) is 25.1 Å². The lowest BCUT2D eigenvalue weighted by atomic mass is 9.99. The highest BCUT2D eigenvalue weighted by molar-refractivity contribution is 5.14. The van der Waals surface area contributed by atoms with Gasteiger partial charge >= 0.3 is 0 Å². The number of pyridine rings is 1. The smallest absolute Gasteiger partial charge is 0.0544 e. The minimum atomic E-state index is 0.254. The van der Waals surface area contributed by atoms with Gasteiger partial charge in [0.05, 0.1) is 5.69 Å². The number of hydrogen-bond acceptors (Lipinski definition) is 4. The molecule has 4 heteroatoms. The van der Waals surface area contributed by atoms with E-state index in [4.69, 9.17) is 0 Å². The Bertz CT molecular complexity index is 399. The first-order valence-corrected chi connectivity index (χ1v) is 7.03. The summed E-state index contributed by atoms with van der Waals surface area (Å²) in [6.45, 7) is 9.81. The first-order valence-electron chi connectivity index (χ1n) is 7.03. The molecule has 0 aliphatic carbocycles. The first-order chi connectivity index (χ1) is 9.01. The lowest BCUT2D eigenvalue weighted by Crippen LogP contribution is -2.57. The molecule has 1 saturated heterocycles. The van der Waals surface area contributed by atoms with E-state index in [0.717, 1.165) is 32.7 Å². The summed E-state index contributed by atoms with van der Waals surface area (Å²) < 4.78 is 0. The molecular weight excluding hydrogens is 236 g/mol. The Labute approximate surface area is 116 Å². The Morgan fingerprint density at radius 1 is 1.32 bits per heavy atom. The van der Waals surface area contributed by atoms with Gasteiger partial charge in [-0.05, 0) is 39.6 Å². The van der Waals surface area contributed by atoms with Crippen molar-refractivity contribution in [3.05, 3.63) is 29.6 Å². The van der Waals surface area contributed by atoms with E-state index in [0.29, 0.717) is 0 Å². The monoisotopic (exact) mass is 262 g/mol. The molecular formula is C15H26N4. The highest BCUT2D eigenvalue weighted by atomic mass is 15.3. The minimum Gasteiger partial charge on any atom is -0.316 e. The molecule has 1 N–H and O–H groups in total. The van der Waals surface area contributed by atoms with Gasteiger partial charge in [-0.3, -0.25) is 14.8 Å². The normalized spacial score (nSPS) is 20.6. The Kier molecular flexibility index (Phi) is 4.55. The van der Waals surface area contributed by atoms with Crippen LogP contribution in [-0.2, 0) is 13.1 Å². The second-order valence-corrected chi connectivity index (χ2v) is 6.13. The standard InChI is InChI=1S/C15H26N4/c1-15(2)12-19(8-7-18(15)4)11-14-6-5-13(9-16-3)10-17-14/h5-6,10,16H,7-9,11-12H2,1-4H3. The van der Waals surface area contributed by atoms with Crippen LogP contribution in [-0.4, -0.2) is 54.1 Å². The molecule has 1 aliphatic heterocycles. The van der Waals surface area contributed by atoms with E-state index in [1.165, 1.54) is 11.3 Å². The van der Waals surface area contributed by atoms with E-state index in [1.54, 1.807) is 0 Å². The van der Waals surface area contributed by atoms with Crippen molar-refractivity contribution >= 4 is 0 Å². The minimum absolute atomic E-state index is 0.254. The van der Waals surface area contributed by atoms with Crippen LogP contribution in [0.4, 0.5) is 0 Å². The zero-order valence-corrected chi connectivity index (χ0v) is 12.6. The maximum Gasteiger partial charge on any atom is 0.0544 e. The molecule has 0 aromatic carbocycles. The molecule has 1 aliphatic rings. The lowest BCUT2D eigenvalue weighted by Gasteiger charge is -2.45. The SMILES string of the molecule is CNCc1ccc(CN2CCN(C)C(C)(C)C2)nc1. The molecule has 0 amide bonds. The van der Waals surface area contributed by atoms with Crippen molar-refractivity contribution in [2.24, 2.45) is 0 Å². The van der Waals surface area contributed by atoms with Crippen molar-refractivity contribution in [3.8, 4) is 0 Å². The fraction of sp³-hybridized carbons (Fsp3) is 0.667. The third kappa shape index (κ3) is 3.75. The van der Waals surface area contributed by atoms with Crippen LogP contribution in [0.15, 0.2) is 18.3 Å². The van der Waals surface area contributed by atoms with E-state index in [-0.39, 0.29) is 5.54 Å². The van der Waals surface area contributed by atoms with Crippen molar-refractivity contribution < 1.29 is 0 Å². The number of hydrogen-bond donors (Lipinski definition) is 1. The Morgan fingerprint density at radius 2 is 2.11 bits per heavy atom. The largest absolute Gasteiger partial charge is 0.316 e. The molecule has 0 radical (unpaired) electrons. The molecule has 106 valence electrons. The van der Waals surface area contributed by atoms with Crippen LogP contribution in [0.25, 0.3) is 0 Å². The van der Waals surface area contributed by atoms with Crippen LogP contribution in [0.5, 0.6) is 0 Å². The van der Waals surface area contributed by atoms with Gasteiger partial charge in [0.2, 0.25) is 0 Å². The zero-order valence-electron chi connectivity index (χ0n) is 12.6. The molecule has 4 nitrogen and oxygen atoms in total. The number of aromatic nitrogens is 1. The van der Waals surface area contributed by atoms with Gasteiger partial charge < -0.3 is 5.32 Å². The molecule has 0 spiro atoms. The van der Waals surface area contributed by atoms with E-state index in [2.05, 4.69) is 53.1 Å². The Hall–Kier alpha value is -0.970. The number of piperazine rings is 1. The molecule has 1 aromatic heterocycles. The van der Waals surface area contributed by atoms with Crippen molar-refractivity contribution in [2.75, 3.05) is 33.7 Å². The number of rotatable bonds is 4. The van der Waals surface area contributed by atoms with Crippen LogP contribution in [0.3, 0.4) is 0 Å². The molecule has 1 fully saturated rings. The highest BCUT2D eigenvalue weighted by Gasteiger charge is 2.30. The van der Waals surface area contributed by atoms with Gasteiger partial charge in [-0.15, -0.1) is 0 Å². The fourth-order valence-electron chi connectivity index (χ4n) is 2.56. The maximum absolute atomic E-state index is 4.56. The molecule has 2 rings (SSSR count). The van der Waals surface area contributed by atoms with Crippen LogP contribution in [0, 0.1) is 0 Å². The number of nitrogens with zero attached hydrogens (tertiary/aromatic N) is 3. The maximum atomic E-state index is 4.56. The van der Waals surface area contributed by atoms with E-state index >= 15 is 0 Å². The molecule has 0 saturated carbocycles. The number of likely N-dealkylation sites (N-methyl/N-ethyl adjacent to an activating group) is 1. The van der Waals surface area contributed by atoms with Gasteiger partial charge in [0, 0.05) is 44.5 Å². The average Bonchev–Trinajstić information content (AvgIpc) is 2.36. The molecule has 0 atom stereocenters. The molecule has 0 bridgehead atoms. The average molecular weight is 262 g/mol. The summed E-state index contributed by atoms with van der Waals surface area (Å²) in [7, 11) is 4.17. The van der Waals surface area contributed by atoms with Crippen LogP contribution < -0.4 is 5.32 Å². The predicted octanol–water partition coefficient (Wildman–Crippen LogP) is 1.33. The quantitative estimate of drug-likeness (QED) is 0.887. The topological polar surface area (TPSA) is 31.4 Å². The third-order valence-electron chi connectivity index (χ3n) is 4.05.